The van der Waals surface area contributed by atoms with E-state index in [9.17, 15) is 0 Å². The van der Waals surface area contributed by atoms with Crippen molar-refractivity contribution < 1.29 is 0 Å². The molecule has 1 rings (SSSR count). The molecule has 0 aliphatic carbocycles. The van der Waals surface area contributed by atoms with Crippen LogP contribution in [-0.2, 0) is 0 Å². The SMILES string of the molecule is CC(C)N1C=CN(C(C)C)C1.[B]. The minimum Gasteiger partial charge on any atom is -0.356 e. The van der Waals surface area contributed by atoms with Gasteiger partial charge in [-0.05, 0) is 27.7 Å². The fourth-order valence-corrected chi connectivity index (χ4v) is 1.12. The van der Waals surface area contributed by atoms with Gasteiger partial charge in [0.15, 0.2) is 0 Å². The van der Waals surface area contributed by atoms with Crippen molar-refractivity contribution in [3.05, 3.63) is 12.4 Å². The van der Waals surface area contributed by atoms with E-state index in [0.29, 0.717) is 12.1 Å². The van der Waals surface area contributed by atoms with Gasteiger partial charge in [0.25, 0.3) is 0 Å². The zero-order valence-corrected chi connectivity index (χ0v) is 8.49. The molecule has 0 fully saturated rings. The molecule has 0 aromatic carbocycles. The highest BCUT2D eigenvalue weighted by molar-refractivity contribution is 5.75. The quantitative estimate of drug-likeness (QED) is 0.571. The van der Waals surface area contributed by atoms with Crippen molar-refractivity contribution in [2.75, 3.05) is 6.67 Å². The van der Waals surface area contributed by atoms with Crippen LogP contribution in [0.5, 0.6) is 0 Å². The summed E-state index contributed by atoms with van der Waals surface area (Å²) in [5.74, 6) is 0. The van der Waals surface area contributed by atoms with E-state index in [1.165, 1.54) is 0 Å². The van der Waals surface area contributed by atoms with Gasteiger partial charge in [0.1, 0.15) is 0 Å². The van der Waals surface area contributed by atoms with Gasteiger partial charge in [-0.3, -0.25) is 0 Å². The maximum Gasteiger partial charge on any atom is 0.0898 e. The third-order valence-electron chi connectivity index (χ3n) is 2.10. The molecule has 0 amide bonds. The molecule has 0 bridgehead atoms. The van der Waals surface area contributed by atoms with Gasteiger partial charge in [0, 0.05) is 32.9 Å². The molecule has 2 nitrogen and oxygen atoms in total. The van der Waals surface area contributed by atoms with Crippen LogP contribution < -0.4 is 0 Å². The number of nitrogens with zero attached hydrogens (tertiary/aromatic N) is 2. The molecular weight excluding hydrogens is 147 g/mol. The summed E-state index contributed by atoms with van der Waals surface area (Å²) in [6.07, 6.45) is 4.34. The van der Waals surface area contributed by atoms with Crippen LogP contribution in [0.15, 0.2) is 12.4 Å². The minimum absolute atomic E-state index is 0. The third-order valence-corrected chi connectivity index (χ3v) is 2.10. The van der Waals surface area contributed by atoms with E-state index in [4.69, 9.17) is 0 Å². The summed E-state index contributed by atoms with van der Waals surface area (Å²) in [5.41, 5.74) is 0. The summed E-state index contributed by atoms with van der Waals surface area (Å²) in [5, 5.41) is 0. The van der Waals surface area contributed by atoms with E-state index >= 15 is 0 Å². The largest absolute Gasteiger partial charge is 0.356 e. The predicted molar refractivity (Wildman–Crippen MR) is 53.7 cm³/mol. The summed E-state index contributed by atoms with van der Waals surface area (Å²) in [4.78, 5) is 4.67. The molecule has 67 valence electrons. The lowest BCUT2D eigenvalue weighted by molar-refractivity contribution is 0.204. The molecule has 0 atom stereocenters. The van der Waals surface area contributed by atoms with Crippen molar-refractivity contribution >= 4 is 8.41 Å². The smallest absolute Gasteiger partial charge is 0.0898 e. The van der Waals surface area contributed by atoms with Gasteiger partial charge in [-0.15, -0.1) is 0 Å². The van der Waals surface area contributed by atoms with Crippen LogP contribution >= 0.6 is 0 Å². The maximum atomic E-state index is 2.33. The molecule has 1 heterocycles. The number of hydrogen-bond acceptors (Lipinski definition) is 2. The van der Waals surface area contributed by atoms with E-state index in [2.05, 4.69) is 49.9 Å². The van der Waals surface area contributed by atoms with Crippen LogP contribution in [0.25, 0.3) is 0 Å². The van der Waals surface area contributed by atoms with Crippen molar-refractivity contribution in [3.8, 4) is 0 Å². The lowest BCUT2D eigenvalue weighted by Gasteiger charge is -2.26. The van der Waals surface area contributed by atoms with Crippen molar-refractivity contribution in [2.45, 2.75) is 39.8 Å². The molecule has 3 radical (unpaired) electrons. The molecule has 0 spiro atoms. The first-order valence-electron chi connectivity index (χ1n) is 4.31. The molecular formula is C9H18BN2. The number of rotatable bonds is 2. The molecule has 3 heteroatoms. The summed E-state index contributed by atoms with van der Waals surface area (Å²) in [6, 6.07) is 1.24. The molecule has 0 saturated carbocycles. The second-order valence-electron chi connectivity index (χ2n) is 3.66. The van der Waals surface area contributed by atoms with Crippen molar-refractivity contribution in [2.24, 2.45) is 0 Å². The first-order chi connectivity index (χ1) is 5.11. The Morgan fingerprint density at radius 3 is 1.42 bits per heavy atom. The average Bonchev–Trinajstić information content (AvgIpc) is 2.33. The Balaban J connectivity index is 0.00000121. The van der Waals surface area contributed by atoms with Gasteiger partial charge < -0.3 is 9.80 Å². The predicted octanol–water partition coefficient (Wildman–Crippen LogP) is 1.47. The Morgan fingerprint density at radius 2 is 1.25 bits per heavy atom. The lowest BCUT2D eigenvalue weighted by atomic mass is 10.3. The topological polar surface area (TPSA) is 6.48 Å². The molecule has 0 N–H and O–H groups in total. The fraction of sp³-hybridized carbons (Fsp3) is 0.778. The summed E-state index contributed by atoms with van der Waals surface area (Å²) in [7, 11) is 0. The standard InChI is InChI=1S/C9H18N2.B/c1-8(2)10-5-6-11(7-10)9(3)4;/h5-6,8-9H,7H2,1-4H3;. The maximum absolute atomic E-state index is 2.33. The van der Waals surface area contributed by atoms with Crippen LogP contribution in [0.4, 0.5) is 0 Å². The van der Waals surface area contributed by atoms with Gasteiger partial charge >= 0.3 is 0 Å². The van der Waals surface area contributed by atoms with Gasteiger partial charge in [-0.2, -0.15) is 0 Å². The Hall–Kier alpha value is -0.595. The van der Waals surface area contributed by atoms with Crippen molar-refractivity contribution in [3.63, 3.8) is 0 Å². The van der Waals surface area contributed by atoms with E-state index in [-0.39, 0.29) is 8.41 Å². The van der Waals surface area contributed by atoms with E-state index in [1.807, 2.05) is 0 Å². The van der Waals surface area contributed by atoms with Crippen LogP contribution in [0.3, 0.4) is 0 Å². The molecule has 1 aliphatic heterocycles. The molecule has 0 unspecified atom stereocenters. The van der Waals surface area contributed by atoms with Gasteiger partial charge in [-0.1, -0.05) is 0 Å². The van der Waals surface area contributed by atoms with E-state index in [0.717, 1.165) is 6.67 Å². The summed E-state index contributed by atoms with van der Waals surface area (Å²) >= 11 is 0. The van der Waals surface area contributed by atoms with Gasteiger partial charge in [0.2, 0.25) is 0 Å². The highest BCUT2D eigenvalue weighted by Crippen LogP contribution is 2.12. The monoisotopic (exact) mass is 165 g/mol. The van der Waals surface area contributed by atoms with Gasteiger partial charge in [-0.25, -0.2) is 0 Å². The van der Waals surface area contributed by atoms with Crippen LogP contribution in [0.2, 0.25) is 0 Å². The lowest BCUT2D eigenvalue weighted by Crippen LogP contribution is -2.33. The summed E-state index contributed by atoms with van der Waals surface area (Å²) in [6.45, 7) is 9.92. The van der Waals surface area contributed by atoms with Crippen LogP contribution in [-0.4, -0.2) is 37.0 Å². The van der Waals surface area contributed by atoms with Crippen LogP contribution in [0, 0.1) is 0 Å². The molecule has 0 aromatic rings. The molecule has 0 saturated heterocycles. The Morgan fingerprint density at radius 1 is 0.917 bits per heavy atom. The Labute approximate surface area is 77.8 Å². The second kappa shape index (κ2) is 4.44. The highest BCUT2D eigenvalue weighted by atomic mass is 15.4. The third kappa shape index (κ3) is 2.47. The van der Waals surface area contributed by atoms with Crippen molar-refractivity contribution in [1.29, 1.82) is 0 Å². The molecule has 12 heavy (non-hydrogen) atoms. The van der Waals surface area contributed by atoms with Gasteiger partial charge in [0.05, 0.1) is 6.67 Å². The first kappa shape index (κ1) is 11.4. The van der Waals surface area contributed by atoms with Crippen LogP contribution in [0.1, 0.15) is 27.7 Å². The number of hydrogen-bond donors (Lipinski definition) is 0. The average molecular weight is 165 g/mol. The normalized spacial score (nSPS) is 16.2. The zero-order valence-electron chi connectivity index (χ0n) is 8.49. The highest BCUT2D eigenvalue weighted by Gasteiger charge is 2.15. The van der Waals surface area contributed by atoms with E-state index < -0.39 is 0 Å². The first-order valence-corrected chi connectivity index (χ1v) is 4.31. The van der Waals surface area contributed by atoms with E-state index in [1.54, 1.807) is 0 Å². The zero-order chi connectivity index (χ0) is 8.43. The second-order valence-corrected chi connectivity index (χ2v) is 3.66. The molecule has 1 aliphatic rings. The minimum atomic E-state index is 0. The fourth-order valence-electron chi connectivity index (χ4n) is 1.12. The Kier molecular flexibility index (Phi) is 4.22. The Bertz CT molecular complexity index is 139. The molecule has 0 aromatic heterocycles. The summed E-state index contributed by atoms with van der Waals surface area (Å²) < 4.78 is 0. The van der Waals surface area contributed by atoms with Crippen molar-refractivity contribution in [1.82, 2.24) is 9.80 Å².